The molecular weight excluding hydrogens is 288 g/mol. The Labute approximate surface area is 118 Å². The van der Waals surface area contributed by atoms with E-state index < -0.39 is 10.0 Å². The van der Waals surface area contributed by atoms with Gasteiger partial charge in [0.1, 0.15) is 4.90 Å². The van der Waals surface area contributed by atoms with Gasteiger partial charge in [-0.2, -0.15) is 0 Å². The average molecular weight is 305 g/mol. The number of aliphatic hydroxyl groups excluding tert-OH is 1. The van der Waals surface area contributed by atoms with Gasteiger partial charge in [0.2, 0.25) is 10.0 Å². The second-order valence-corrected chi connectivity index (χ2v) is 7.39. The van der Waals surface area contributed by atoms with E-state index in [2.05, 4.69) is 0 Å². The zero-order valence-electron chi connectivity index (χ0n) is 10.6. The first-order chi connectivity index (χ1) is 8.80. The van der Waals surface area contributed by atoms with Gasteiger partial charge in [-0.25, -0.2) is 12.7 Å². The van der Waals surface area contributed by atoms with Crippen molar-refractivity contribution in [3.63, 3.8) is 0 Å². The zero-order valence-corrected chi connectivity index (χ0v) is 12.2. The molecule has 0 unspecified atom stereocenters. The van der Waals surface area contributed by atoms with E-state index in [9.17, 15) is 13.5 Å². The fraction of sp³-hybridized carbons (Fsp3) is 0.500. The summed E-state index contributed by atoms with van der Waals surface area (Å²) in [5.74, 6) is 0.203. The Balaban J connectivity index is 2.19. The summed E-state index contributed by atoms with van der Waals surface area (Å²) in [4.78, 5) is 0.0246. The Morgan fingerprint density at radius 2 is 2.11 bits per heavy atom. The smallest absolute Gasteiger partial charge is 0.244 e. The van der Waals surface area contributed by atoms with Gasteiger partial charge < -0.3 is 10.8 Å². The molecule has 0 amide bonds. The Kier molecular flexibility index (Phi) is 4.06. The SMILES string of the molecule is CN(CC1CC(O)C1)S(=O)(=O)c1cc(N)ccc1Cl. The molecule has 1 saturated carbocycles. The lowest BCUT2D eigenvalue weighted by Gasteiger charge is -2.34. The van der Waals surface area contributed by atoms with Gasteiger partial charge >= 0.3 is 0 Å². The van der Waals surface area contributed by atoms with Crippen LogP contribution in [0.1, 0.15) is 12.8 Å². The molecule has 7 heteroatoms. The lowest BCUT2D eigenvalue weighted by Crippen LogP contribution is -2.39. The topological polar surface area (TPSA) is 83.6 Å². The highest BCUT2D eigenvalue weighted by Crippen LogP contribution is 2.31. The van der Waals surface area contributed by atoms with Crippen molar-refractivity contribution in [1.29, 1.82) is 0 Å². The number of benzene rings is 1. The summed E-state index contributed by atoms with van der Waals surface area (Å²) in [6.45, 7) is 0.379. The fourth-order valence-corrected chi connectivity index (χ4v) is 3.95. The summed E-state index contributed by atoms with van der Waals surface area (Å²) in [7, 11) is -2.13. The maximum Gasteiger partial charge on any atom is 0.244 e. The van der Waals surface area contributed by atoms with Crippen LogP contribution in [0, 0.1) is 5.92 Å². The van der Waals surface area contributed by atoms with Crippen molar-refractivity contribution in [3.05, 3.63) is 23.2 Å². The molecule has 2 rings (SSSR count). The van der Waals surface area contributed by atoms with Crippen LogP contribution >= 0.6 is 11.6 Å². The normalized spacial score (nSPS) is 23.4. The highest BCUT2D eigenvalue weighted by atomic mass is 35.5. The largest absolute Gasteiger partial charge is 0.399 e. The van der Waals surface area contributed by atoms with Crippen LogP contribution in [0.25, 0.3) is 0 Å². The molecule has 3 N–H and O–H groups in total. The maximum absolute atomic E-state index is 12.4. The van der Waals surface area contributed by atoms with Crippen molar-refractivity contribution in [2.75, 3.05) is 19.3 Å². The molecule has 1 aliphatic rings. The average Bonchev–Trinajstić information content (AvgIpc) is 2.30. The predicted molar refractivity (Wildman–Crippen MR) is 74.4 cm³/mol. The first-order valence-electron chi connectivity index (χ1n) is 6.00. The third kappa shape index (κ3) is 3.02. The van der Waals surface area contributed by atoms with Crippen molar-refractivity contribution >= 4 is 27.3 Å². The lowest BCUT2D eigenvalue weighted by atomic mass is 9.82. The number of aliphatic hydroxyl groups is 1. The molecule has 0 bridgehead atoms. The van der Waals surface area contributed by atoms with E-state index >= 15 is 0 Å². The molecule has 0 atom stereocenters. The van der Waals surface area contributed by atoms with E-state index in [1.54, 1.807) is 6.07 Å². The van der Waals surface area contributed by atoms with Gasteiger partial charge in [0.25, 0.3) is 0 Å². The number of hydrogen-bond acceptors (Lipinski definition) is 4. The van der Waals surface area contributed by atoms with Gasteiger partial charge in [0.05, 0.1) is 11.1 Å². The second kappa shape index (κ2) is 5.28. The van der Waals surface area contributed by atoms with Gasteiger partial charge in [-0.05, 0) is 37.0 Å². The molecule has 19 heavy (non-hydrogen) atoms. The van der Waals surface area contributed by atoms with Gasteiger partial charge in [-0.15, -0.1) is 0 Å². The second-order valence-electron chi connectivity index (χ2n) is 4.97. The highest BCUT2D eigenvalue weighted by molar-refractivity contribution is 7.89. The van der Waals surface area contributed by atoms with Crippen molar-refractivity contribution < 1.29 is 13.5 Å². The van der Waals surface area contributed by atoms with Gasteiger partial charge in [0.15, 0.2) is 0 Å². The Hall–Kier alpha value is -0.820. The number of anilines is 1. The van der Waals surface area contributed by atoms with Crippen LogP contribution in [0.3, 0.4) is 0 Å². The Morgan fingerprint density at radius 1 is 1.47 bits per heavy atom. The lowest BCUT2D eigenvalue weighted by molar-refractivity contribution is 0.0367. The number of nitrogen functional groups attached to an aromatic ring is 1. The minimum absolute atomic E-state index is 0.0246. The van der Waals surface area contributed by atoms with Crippen LogP contribution in [0.2, 0.25) is 5.02 Å². The Bertz CT molecular complexity index is 570. The molecule has 106 valence electrons. The van der Waals surface area contributed by atoms with E-state index in [1.807, 2.05) is 0 Å². The summed E-state index contributed by atoms with van der Waals surface area (Å²) in [6, 6.07) is 4.40. The molecule has 0 saturated heterocycles. The van der Waals surface area contributed by atoms with Gasteiger partial charge in [0, 0.05) is 19.3 Å². The van der Waals surface area contributed by atoms with Crippen molar-refractivity contribution in [2.45, 2.75) is 23.8 Å². The highest BCUT2D eigenvalue weighted by Gasteiger charge is 2.32. The summed E-state index contributed by atoms with van der Waals surface area (Å²) < 4.78 is 26.0. The summed E-state index contributed by atoms with van der Waals surface area (Å²) in [5, 5.41) is 9.39. The van der Waals surface area contributed by atoms with Gasteiger partial charge in [-0.1, -0.05) is 11.6 Å². The maximum atomic E-state index is 12.4. The molecule has 5 nitrogen and oxygen atoms in total. The van der Waals surface area contributed by atoms with Crippen molar-refractivity contribution in [2.24, 2.45) is 5.92 Å². The monoisotopic (exact) mass is 304 g/mol. The number of rotatable bonds is 4. The molecule has 1 aromatic carbocycles. The molecule has 1 aliphatic carbocycles. The number of sulfonamides is 1. The number of nitrogens with two attached hydrogens (primary N) is 1. The van der Waals surface area contributed by atoms with Crippen molar-refractivity contribution in [1.82, 2.24) is 4.31 Å². The summed E-state index contributed by atoms with van der Waals surface area (Å²) in [6.07, 6.45) is 0.992. The minimum Gasteiger partial charge on any atom is -0.399 e. The van der Waals surface area contributed by atoms with Crippen LogP contribution in [0.15, 0.2) is 23.1 Å². The standard InChI is InChI=1S/C12H17ClN2O3S/c1-15(7-8-4-10(16)5-8)19(17,18)12-6-9(14)2-3-11(12)13/h2-3,6,8,10,16H,4-5,7,14H2,1H3. The zero-order chi connectivity index (χ0) is 14.2. The van der Waals surface area contributed by atoms with E-state index in [4.69, 9.17) is 17.3 Å². The quantitative estimate of drug-likeness (QED) is 0.822. The predicted octanol–water partition coefficient (Wildman–Crippen LogP) is 1.31. The third-order valence-electron chi connectivity index (χ3n) is 3.37. The van der Waals surface area contributed by atoms with Gasteiger partial charge in [-0.3, -0.25) is 0 Å². The van der Waals surface area contributed by atoms with E-state index in [0.29, 0.717) is 25.1 Å². The molecule has 1 fully saturated rings. The molecule has 0 aliphatic heterocycles. The van der Waals surface area contributed by atoms with E-state index in [0.717, 1.165) is 0 Å². The molecule has 1 aromatic rings. The van der Waals surface area contributed by atoms with Crippen LogP contribution in [-0.2, 0) is 10.0 Å². The van der Waals surface area contributed by atoms with Crippen LogP contribution in [0.5, 0.6) is 0 Å². The number of hydrogen-bond donors (Lipinski definition) is 2. The van der Waals surface area contributed by atoms with Crippen LogP contribution in [0.4, 0.5) is 5.69 Å². The summed E-state index contributed by atoms with van der Waals surface area (Å²) in [5.41, 5.74) is 5.96. The van der Waals surface area contributed by atoms with Crippen LogP contribution in [-0.4, -0.2) is 37.5 Å². The number of nitrogens with zero attached hydrogens (tertiary/aromatic N) is 1. The van der Waals surface area contributed by atoms with Crippen molar-refractivity contribution in [3.8, 4) is 0 Å². The van der Waals surface area contributed by atoms with Crippen LogP contribution < -0.4 is 5.73 Å². The fourth-order valence-electron chi connectivity index (χ4n) is 2.20. The molecule has 0 aromatic heterocycles. The Morgan fingerprint density at radius 3 is 2.68 bits per heavy atom. The molecule has 0 spiro atoms. The third-order valence-corrected chi connectivity index (χ3v) is 5.67. The van der Waals surface area contributed by atoms with E-state index in [1.165, 1.54) is 23.5 Å². The minimum atomic E-state index is -3.64. The summed E-state index contributed by atoms with van der Waals surface area (Å²) >= 11 is 5.93. The molecule has 0 radical (unpaired) electrons. The molecule has 0 heterocycles. The number of halogens is 1. The molecular formula is C12H17ClN2O3S. The van der Waals surface area contributed by atoms with E-state index in [-0.39, 0.29) is 21.9 Å². The first-order valence-corrected chi connectivity index (χ1v) is 7.82. The first kappa shape index (κ1) is 14.6.